The zero-order valence-electron chi connectivity index (χ0n) is 11.5. The van der Waals surface area contributed by atoms with Gasteiger partial charge in [0, 0.05) is 0 Å². The van der Waals surface area contributed by atoms with Crippen LogP contribution in [0.5, 0.6) is 5.75 Å². The van der Waals surface area contributed by atoms with Gasteiger partial charge in [-0.2, -0.15) is 0 Å². The number of hydrogen-bond donors (Lipinski definition) is 1. The second kappa shape index (κ2) is 6.83. The van der Waals surface area contributed by atoms with Crippen LogP contribution in [0.25, 0.3) is 0 Å². The Labute approximate surface area is 121 Å². The van der Waals surface area contributed by atoms with E-state index in [9.17, 15) is 13.6 Å². The number of rotatable bonds is 5. The fourth-order valence-electron chi connectivity index (χ4n) is 1.76. The lowest BCUT2D eigenvalue weighted by atomic mass is 10.2. The molecular formula is C16H15F2NO2. The van der Waals surface area contributed by atoms with E-state index in [-0.39, 0.29) is 24.5 Å². The Morgan fingerprint density at radius 2 is 1.90 bits per heavy atom. The smallest absolute Gasteiger partial charge is 0.227 e. The molecule has 0 atom stereocenters. The number of aryl methyl sites for hydroxylation is 1. The van der Waals surface area contributed by atoms with E-state index >= 15 is 0 Å². The third kappa shape index (κ3) is 4.27. The number of para-hydroxylation sites is 1. The van der Waals surface area contributed by atoms with Crippen LogP contribution in [0, 0.1) is 18.6 Å². The minimum atomic E-state index is -0.496. The van der Waals surface area contributed by atoms with E-state index in [0.717, 1.165) is 5.56 Å². The average Bonchev–Trinajstić information content (AvgIpc) is 2.45. The number of anilines is 1. The van der Waals surface area contributed by atoms with E-state index in [4.69, 9.17) is 4.74 Å². The van der Waals surface area contributed by atoms with Crippen LogP contribution in [0.4, 0.5) is 14.5 Å². The number of carbonyl (C=O) groups excluding carboxylic acids is 1. The molecule has 0 aromatic heterocycles. The molecule has 3 nitrogen and oxygen atoms in total. The number of hydrogen-bond acceptors (Lipinski definition) is 2. The molecule has 21 heavy (non-hydrogen) atoms. The van der Waals surface area contributed by atoms with E-state index < -0.39 is 17.5 Å². The number of amides is 1. The van der Waals surface area contributed by atoms with Gasteiger partial charge in [0.05, 0.1) is 18.7 Å². The molecule has 0 saturated carbocycles. The van der Waals surface area contributed by atoms with Crippen LogP contribution < -0.4 is 10.1 Å². The first kappa shape index (κ1) is 15.0. The fourth-order valence-corrected chi connectivity index (χ4v) is 1.76. The second-order valence-electron chi connectivity index (χ2n) is 4.56. The molecule has 0 bridgehead atoms. The lowest BCUT2D eigenvalue weighted by Crippen LogP contribution is -2.16. The van der Waals surface area contributed by atoms with Gasteiger partial charge in [0.1, 0.15) is 5.82 Å². The highest BCUT2D eigenvalue weighted by Gasteiger charge is 2.08. The molecule has 2 aromatic rings. The van der Waals surface area contributed by atoms with Crippen molar-refractivity contribution in [2.24, 2.45) is 0 Å². The number of carbonyl (C=O) groups is 1. The van der Waals surface area contributed by atoms with E-state index in [2.05, 4.69) is 5.32 Å². The number of benzene rings is 2. The van der Waals surface area contributed by atoms with Crippen LogP contribution in [-0.4, -0.2) is 12.5 Å². The predicted octanol–water partition coefficient (Wildman–Crippen LogP) is 3.68. The lowest BCUT2D eigenvalue weighted by molar-refractivity contribution is -0.116. The fraction of sp³-hybridized carbons (Fsp3) is 0.188. The summed E-state index contributed by atoms with van der Waals surface area (Å²) in [6, 6.07) is 10.4. The number of halogens is 2. The van der Waals surface area contributed by atoms with Gasteiger partial charge < -0.3 is 10.1 Å². The standard InChI is InChI=1S/C16H15F2NO2/c1-11-6-7-12(17)14(10-11)19-16(20)8-9-21-15-5-3-2-4-13(15)18/h2-7,10H,8-9H2,1H3,(H,19,20). The lowest BCUT2D eigenvalue weighted by Gasteiger charge is -2.09. The summed E-state index contributed by atoms with van der Waals surface area (Å²) in [4.78, 5) is 11.7. The van der Waals surface area contributed by atoms with Crippen molar-refractivity contribution in [3.05, 3.63) is 59.7 Å². The Hall–Kier alpha value is -2.43. The summed E-state index contributed by atoms with van der Waals surface area (Å²) in [7, 11) is 0. The summed E-state index contributed by atoms with van der Waals surface area (Å²) < 4.78 is 31.9. The van der Waals surface area contributed by atoms with Crippen LogP contribution >= 0.6 is 0 Å². The molecule has 0 aliphatic rings. The first-order valence-electron chi connectivity index (χ1n) is 6.49. The average molecular weight is 291 g/mol. The Kier molecular flexibility index (Phi) is 4.87. The van der Waals surface area contributed by atoms with Crippen molar-refractivity contribution in [2.45, 2.75) is 13.3 Å². The van der Waals surface area contributed by atoms with Crippen molar-refractivity contribution in [1.82, 2.24) is 0 Å². The predicted molar refractivity (Wildman–Crippen MR) is 76.3 cm³/mol. The molecule has 1 amide bonds. The SMILES string of the molecule is Cc1ccc(F)c(NC(=O)CCOc2ccccc2F)c1. The number of nitrogens with one attached hydrogen (secondary N) is 1. The van der Waals surface area contributed by atoms with Crippen LogP contribution in [0.3, 0.4) is 0 Å². The summed E-state index contributed by atoms with van der Waals surface area (Å²) in [6.07, 6.45) is 0.00170. The minimum Gasteiger partial charge on any atom is -0.490 e. The summed E-state index contributed by atoms with van der Waals surface area (Å²) in [5.41, 5.74) is 0.972. The van der Waals surface area contributed by atoms with E-state index in [1.54, 1.807) is 31.2 Å². The summed E-state index contributed by atoms with van der Waals surface area (Å²) in [5, 5.41) is 2.46. The third-order valence-electron chi connectivity index (χ3n) is 2.82. The highest BCUT2D eigenvalue weighted by Crippen LogP contribution is 2.17. The molecule has 0 heterocycles. The molecule has 5 heteroatoms. The van der Waals surface area contributed by atoms with Gasteiger partial charge in [-0.25, -0.2) is 8.78 Å². The van der Waals surface area contributed by atoms with E-state index in [0.29, 0.717) is 0 Å². The topological polar surface area (TPSA) is 38.3 Å². The number of ether oxygens (including phenoxy) is 1. The summed E-state index contributed by atoms with van der Waals surface area (Å²) >= 11 is 0. The third-order valence-corrected chi connectivity index (χ3v) is 2.82. The molecule has 0 aliphatic heterocycles. The van der Waals surface area contributed by atoms with Gasteiger partial charge in [-0.3, -0.25) is 4.79 Å². The van der Waals surface area contributed by atoms with E-state index in [1.807, 2.05) is 0 Å². The van der Waals surface area contributed by atoms with Crippen molar-refractivity contribution in [1.29, 1.82) is 0 Å². The molecule has 0 unspecified atom stereocenters. The summed E-state index contributed by atoms with van der Waals surface area (Å²) in [6.45, 7) is 1.82. The largest absolute Gasteiger partial charge is 0.490 e. The maximum atomic E-state index is 13.5. The first-order valence-corrected chi connectivity index (χ1v) is 6.49. The Morgan fingerprint density at radius 3 is 2.67 bits per heavy atom. The van der Waals surface area contributed by atoms with Crippen LogP contribution in [0.2, 0.25) is 0 Å². The zero-order chi connectivity index (χ0) is 15.2. The first-order chi connectivity index (χ1) is 10.1. The van der Waals surface area contributed by atoms with Crippen molar-refractivity contribution >= 4 is 11.6 Å². The molecular weight excluding hydrogens is 276 g/mol. The van der Waals surface area contributed by atoms with Crippen LogP contribution in [0.15, 0.2) is 42.5 Å². The van der Waals surface area contributed by atoms with Crippen molar-refractivity contribution in [2.75, 3.05) is 11.9 Å². The second-order valence-corrected chi connectivity index (χ2v) is 4.56. The van der Waals surface area contributed by atoms with Gasteiger partial charge in [-0.1, -0.05) is 18.2 Å². The highest BCUT2D eigenvalue weighted by molar-refractivity contribution is 5.91. The molecule has 0 radical (unpaired) electrons. The van der Waals surface area contributed by atoms with Gasteiger partial charge in [-0.05, 0) is 36.8 Å². The molecule has 0 aliphatic carbocycles. The molecule has 110 valence electrons. The van der Waals surface area contributed by atoms with Crippen molar-refractivity contribution in [3.63, 3.8) is 0 Å². The molecule has 0 spiro atoms. The van der Waals surface area contributed by atoms with Crippen LogP contribution in [-0.2, 0) is 4.79 Å². The highest BCUT2D eigenvalue weighted by atomic mass is 19.1. The van der Waals surface area contributed by atoms with Gasteiger partial charge in [0.15, 0.2) is 11.6 Å². The monoisotopic (exact) mass is 291 g/mol. The Morgan fingerprint density at radius 1 is 1.14 bits per heavy atom. The van der Waals surface area contributed by atoms with Gasteiger partial charge in [0.2, 0.25) is 5.91 Å². The van der Waals surface area contributed by atoms with Gasteiger partial charge in [0.25, 0.3) is 0 Å². The Balaban J connectivity index is 1.85. The van der Waals surface area contributed by atoms with Gasteiger partial charge >= 0.3 is 0 Å². The molecule has 2 aromatic carbocycles. The van der Waals surface area contributed by atoms with Crippen molar-refractivity contribution in [3.8, 4) is 5.75 Å². The van der Waals surface area contributed by atoms with E-state index in [1.165, 1.54) is 18.2 Å². The zero-order valence-corrected chi connectivity index (χ0v) is 11.5. The molecule has 2 rings (SSSR count). The normalized spacial score (nSPS) is 10.2. The Bertz CT molecular complexity index is 644. The van der Waals surface area contributed by atoms with Gasteiger partial charge in [-0.15, -0.1) is 0 Å². The van der Waals surface area contributed by atoms with Crippen molar-refractivity contribution < 1.29 is 18.3 Å². The maximum Gasteiger partial charge on any atom is 0.227 e. The molecule has 0 fully saturated rings. The molecule has 1 N–H and O–H groups in total. The maximum absolute atomic E-state index is 13.5. The summed E-state index contributed by atoms with van der Waals surface area (Å²) in [5.74, 6) is -1.28. The minimum absolute atomic E-state index is 0.00170. The molecule has 0 saturated heterocycles. The van der Waals surface area contributed by atoms with Crippen LogP contribution in [0.1, 0.15) is 12.0 Å². The quantitative estimate of drug-likeness (QED) is 0.912.